The van der Waals surface area contributed by atoms with Crippen LogP contribution in [-0.4, -0.2) is 35.1 Å². The number of aromatic nitrogens is 3. The molecule has 9 nitrogen and oxygen atoms in total. The van der Waals surface area contributed by atoms with Crippen LogP contribution in [0.25, 0.3) is 0 Å². The fraction of sp³-hybridized carbons (Fsp3) is 0.182. The van der Waals surface area contributed by atoms with Crippen LogP contribution in [0.2, 0.25) is 0 Å². The first-order chi connectivity index (χ1) is 16.1. The van der Waals surface area contributed by atoms with Crippen molar-refractivity contribution in [3.05, 3.63) is 60.4 Å². The standard InChI is InChI=1S/C22H21F3N6O3/c1-5-18(32)28-15-8-12(2)6-7-14(15)29-20-13(22(23,24)25)10-27-21(31-20)30-16-9-19(34-4)26-11-17(16)33-3/h5-11H,1H2,2-4H3,(H,28,32)(H2,26,27,29,30,31). The molecule has 0 saturated carbocycles. The van der Waals surface area contributed by atoms with E-state index in [4.69, 9.17) is 9.47 Å². The third kappa shape index (κ3) is 5.71. The molecule has 0 bridgehead atoms. The van der Waals surface area contributed by atoms with E-state index < -0.39 is 23.5 Å². The number of amides is 1. The van der Waals surface area contributed by atoms with Gasteiger partial charge in [0.2, 0.25) is 17.7 Å². The quantitative estimate of drug-likeness (QED) is 0.399. The lowest BCUT2D eigenvalue weighted by molar-refractivity contribution is -0.137. The molecule has 178 valence electrons. The van der Waals surface area contributed by atoms with Gasteiger partial charge in [-0.2, -0.15) is 18.2 Å². The maximum absolute atomic E-state index is 13.7. The van der Waals surface area contributed by atoms with Crippen molar-refractivity contribution in [3.8, 4) is 11.6 Å². The topological polar surface area (TPSA) is 110 Å². The molecular weight excluding hydrogens is 453 g/mol. The molecule has 0 unspecified atom stereocenters. The van der Waals surface area contributed by atoms with Crippen molar-refractivity contribution in [2.24, 2.45) is 0 Å². The molecule has 0 fully saturated rings. The second kappa shape index (κ2) is 10.1. The van der Waals surface area contributed by atoms with E-state index >= 15 is 0 Å². The van der Waals surface area contributed by atoms with Gasteiger partial charge in [-0.25, -0.2) is 9.97 Å². The van der Waals surface area contributed by atoms with E-state index in [1.165, 1.54) is 32.5 Å². The Balaban J connectivity index is 2.04. The second-order valence-corrected chi connectivity index (χ2v) is 6.87. The molecule has 0 aliphatic rings. The molecule has 0 atom stereocenters. The van der Waals surface area contributed by atoms with E-state index in [0.717, 1.165) is 11.6 Å². The number of nitrogens with one attached hydrogen (secondary N) is 3. The Hall–Kier alpha value is -4.35. The fourth-order valence-electron chi connectivity index (χ4n) is 2.84. The van der Waals surface area contributed by atoms with Crippen molar-refractivity contribution in [2.75, 3.05) is 30.2 Å². The van der Waals surface area contributed by atoms with Gasteiger partial charge in [-0.3, -0.25) is 4.79 Å². The van der Waals surface area contributed by atoms with Gasteiger partial charge in [0, 0.05) is 12.3 Å². The minimum Gasteiger partial charge on any atom is -0.493 e. The lowest BCUT2D eigenvalue weighted by atomic mass is 10.1. The SMILES string of the molecule is C=CC(=O)Nc1cc(C)ccc1Nc1nc(Nc2cc(OC)ncc2OC)ncc1C(F)(F)F. The normalized spacial score (nSPS) is 10.9. The van der Waals surface area contributed by atoms with Gasteiger partial charge in [-0.05, 0) is 30.7 Å². The molecule has 3 N–H and O–H groups in total. The number of alkyl halides is 3. The molecule has 3 aromatic rings. The largest absolute Gasteiger partial charge is 0.493 e. The van der Waals surface area contributed by atoms with E-state index in [2.05, 4.69) is 37.5 Å². The molecule has 12 heteroatoms. The van der Waals surface area contributed by atoms with E-state index in [-0.39, 0.29) is 23.2 Å². The number of halogens is 3. The van der Waals surface area contributed by atoms with E-state index in [1.54, 1.807) is 19.1 Å². The van der Waals surface area contributed by atoms with Gasteiger partial charge in [0.05, 0.1) is 37.5 Å². The highest BCUT2D eigenvalue weighted by molar-refractivity contribution is 6.01. The Bertz CT molecular complexity index is 1220. The molecule has 34 heavy (non-hydrogen) atoms. The van der Waals surface area contributed by atoms with Crippen LogP contribution in [-0.2, 0) is 11.0 Å². The zero-order valence-corrected chi connectivity index (χ0v) is 18.4. The average molecular weight is 474 g/mol. The third-order valence-electron chi connectivity index (χ3n) is 4.48. The number of carbonyl (C=O) groups is 1. The predicted molar refractivity (Wildman–Crippen MR) is 121 cm³/mol. The predicted octanol–water partition coefficient (Wildman–Crippen LogP) is 4.83. The molecule has 0 aliphatic carbocycles. The van der Waals surface area contributed by atoms with Crippen LogP contribution in [0.5, 0.6) is 11.6 Å². The first kappa shape index (κ1) is 24.3. The lowest BCUT2D eigenvalue weighted by Gasteiger charge is -2.18. The van der Waals surface area contributed by atoms with Crippen molar-refractivity contribution in [2.45, 2.75) is 13.1 Å². The van der Waals surface area contributed by atoms with Gasteiger partial charge >= 0.3 is 6.18 Å². The first-order valence-corrected chi connectivity index (χ1v) is 9.75. The Morgan fingerprint density at radius 1 is 1.03 bits per heavy atom. The molecule has 0 spiro atoms. The van der Waals surface area contributed by atoms with Gasteiger partial charge in [0.1, 0.15) is 11.4 Å². The van der Waals surface area contributed by atoms with Crippen LogP contribution in [0.3, 0.4) is 0 Å². The van der Waals surface area contributed by atoms with E-state index in [0.29, 0.717) is 17.6 Å². The number of hydrogen-bond acceptors (Lipinski definition) is 8. The maximum atomic E-state index is 13.7. The van der Waals surface area contributed by atoms with Crippen LogP contribution in [0.1, 0.15) is 11.1 Å². The molecule has 3 rings (SSSR count). The summed E-state index contributed by atoms with van der Waals surface area (Å²) in [6.45, 7) is 5.16. The van der Waals surface area contributed by atoms with Crippen molar-refractivity contribution < 1.29 is 27.4 Å². The number of anilines is 5. The monoisotopic (exact) mass is 474 g/mol. The summed E-state index contributed by atoms with van der Waals surface area (Å²) in [7, 11) is 2.82. The summed E-state index contributed by atoms with van der Waals surface area (Å²) in [4.78, 5) is 23.6. The number of rotatable bonds is 8. The number of benzene rings is 1. The van der Waals surface area contributed by atoms with Crippen LogP contribution in [0, 0.1) is 6.92 Å². The summed E-state index contributed by atoms with van der Waals surface area (Å²) in [6, 6.07) is 6.29. The highest BCUT2D eigenvalue weighted by Crippen LogP contribution is 2.37. The lowest BCUT2D eigenvalue weighted by Crippen LogP contribution is -2.14. The van der Waals surface area contributed by atoms with E-state index in [1.807, 2.05) is 0 Å². The molecule has 1 amide bonds. The maximum Gasteiger partial charge on any atom is 0.421 e. The van der Waals surface area contributed by atoms with Gasteiger partial charge in [-0.15, -0.1) is 0 Å². The molecular formula is C22H21F3N6O3. The number of methoxy groups -OCH3 is 2. The molecule has 0 saturated heterocycles. The Kier molecular flexibility index (Phi) is 7.19. The number of ether oxygens (including phenoxy) is 2. The Morgan fingerprint density at radius 2 is 1.79 bits per heavy atom. The summed E-state index contributed by atoms with van der Waals surface area (Å²) < 4.78 is 51.4. The van der Waals surface area contributed by atoms with Crippen molar-refractivity contribution in [3.63, 3.8) is 0 Å². The van der Waals surface area contributed by atoms with Crippen LogP contribution < -0.4 is 25.4 Å². The van der Waals surface area contributed by atoms with Crippen molar-refractivity contribution >= 4 is 34.7 Å². The zero-order valence-electron chi connectivity index (χ0n) is 18.4. The third-order valence-corrected chi connectivity index (χ3v) is 4.48. The number of aryl methyl sites for hydroxylation is 1. The first-order valence-electron chi connectivity index (χ1n) is 9.75. The fourth-order valence-corrected chi connectivity index (χ4v) is 2.84. The molecule has 2 heterocycles. The van der Waals surface area contributed by atoms with E-state index in [9.17, 15) is 18.0 Å². The van der Waals surface area contributed by atoms with Crippen LogP contribution in [0.15, 0.2) is 49.3 Å². The molecule has 1 aromatic carbocycles. The summed E-state index contributed by atoms with van der Waals surface area (Å²) in [5.41, 5.74) is 0.462. The number of pyridine rings is 1. The summed E-state index contributed by atoms with van der Waals surface area (Å²) in [5, 5.41) is 8.03. The summed E-state index contributed by atoms with van der Waals surface area (Å²) in [5.74, 6) is -0.648. The smallest absolute Gasteiger partial charge is 0.421 e. The zero-order chi connectivity index (χ0) is 24.9. The molecule has 2 aromatic heterocycles. The van der Waals surface area contributed by atoms with Gasteiger partial charge < -0.3 is 25.4 Å². The highest BCUT2D eigenvalue weighted by atomic mass is 19.4. The highest BCUT2D eigenvalue weighted by Gasteiger charge is 2.35. The number of nitrogens with zero attached hydrogens (tertiary/aromatic N) is 3. The second-order valence-electron chi connectivity index (χ2n) is 6.87. The van der Waals surface area contributed by atoms with Crippen molar-refractivity contribution in [1.29, 1.82) is 0 Å². The van der Waals surface area contributed by atoms with Gasteiger partial charge in [0.25, 0.3) is 0 Å². The van der Waals surface area contributed by atoms with Crippen LogP contribution in [0.4, 0.5) is 42.0 Å². The number of carbonyl (C=O) groups excluding carboxylic acids is 1. The van der Waals surface area contributed by atoms with Crippen molar-refractivity contribution in [1.82, 2.24) is 15.0 Å². The van der Waals surface area contributed by atoms with Gasteiger partial charge in [0.15, 0.2) is 5.75 Å². The Labute approximate surface area is 193 Å². The minimum atomic E-state index is -4.74. The Morgan fingerprint density at radius 3 is 2.44 bits per heavy atom. The average Bonchev–Trinajstić information content (AvgIpc) is 2.80. The van der Waals surface area contributed by atoms with Gasteiger partial charge in [-0.1, -0.05) is 12.6 Å². The molecule has 0 aliphatic heterocycles. The molecule has 0 radical (unpaired) electrons. The summed E-state index contributed by atoms with van der Waals surface area (Å²) in [6.07, 6.45) is -1.66. The minimum absolute atomic E-state index is 0.147. The van der Waals surface area contributed by atoms with Crippen LogP contribution >= 0.6 is 0 Å². The number of hydrogen-bond donors (Lipinski definition) is 3. The summed E-state index contributed by atoms with van der Waals surface area (Å²) >= 11 is 0.